The van der Waals surface area contributed by atoms with Crippen molar-refractivity contribution in [1.29, 1.82) is 0 Å². The summed E-state index contributed by atoms with van der Waals surface area (Å²) in [6.45, 7) is 6.54. The van der Waals surface area contributed by atoms with Gasteiger partial charge in [0.05, 0.1) is 5.60 Å². The molecule has 3 heteroatoms. The Kier molecular flexibility index (Phi) is 4.92. The molecule has 116 valence electrons. The monoisotopic (exact) mass is 305 g/mol. The summed E-state index contributed by atoms with van der Waals surface area (Å²) >= 11 is 2.01. The van der Waals surface area contributed by atoms with Crippen molar-refractivity contribution in [1.82, 2.24) is 5.32 Å². The number of benzene rings is 1. The standard InChI is InChI=1S/C18H27NOS/c1-3-18(4-2)11-15(9-10-20-18)19-12-14-13-21-17-8-6-5-7-16(14)17/h5-8,14-15,19H,3-4,9-13H2,1-2H3. The first-order valence-corrected chi connectivity index (χ1v) is 9.34. The number of rotatable bonds is 5. The van der Waals surface area contributed by atoms with E-state index in [0.29, 0.717) is 12.0 Å². The minimum atomic E-state index is 0.123. The van der Waals surface area contributed by atoms with Gasteiger partial charge in [0.1, 0.15) is 0 Å². The van der Waals surface area contributed by atoms with Gasteiger partial charge in [-0.05, 0) is 37.3 Å². The van der Waals surface area contributed by atoms with Crippen LogP contribution < -0.4 is 5.32 Å². The van der Waals surface area contributed by atoms with Crippen molar-refractivity contribution in [2.24, 2.45) is 0 Å². The van der Waals surface area contributed by atoms with Crippen LogP contribution in [0.5, 0.6) is 0 Å². The van der Waals surface area contributed by atoms with Crippen LogP contribution in [0.3, 0.4) is 0 Å². The second-order valence-electron chi connectivity index (χ2n) is 6.38. The van der Waals surface area contributed by atoms with Gasteiger partial charge in [-0.3, -0.25) is 0 Å². The van der Waals surface area contributed by atoms with Gasteiger partial charge in [-0.15, -0.1) is 11.8 Å². The summed E-state index contributed by atoms with van der Waals surface area (Å²) in [4.78, 5) is 1.48. The molecule has 0 radical (unpaired) electrons. The number of hydrogen-bond acceptors (Lipinski definition) is 3. The summed E-state index contributed by atoms with van der Waals surface area (Å²) in [6, 6.07) is 9.50. The van der Waals surface area contributed by atoms with Crippen molar-refractivity contribution in [3.8, 4) is 0 Å². The lowest BCUT2D eigenvalue weighted by Gasteiger charge is -2.40. The van der Waals surface area contributed by atoms with E-state index < -0.39 is 0 Å². The van der Waals surface area contributed by atoms with Gasteiger partial charge in [0.15, 0.2) is 0 Å². The molecule has 0 bridgehead atoms. The summed E-state index contributed by atoms with van der Waals surface area (Å²) in [5.41, 5.74) is 1.66. The third-order valence-corrected chi connectivity index (χ3v) is 6.49. The van der Waals surface area contributed by atoms with E-state index >= 15 is 0 Å². The predicted molar refractivity (Wildman–Crippen MR) is 90.2 cm³/mol. The number of ether oxygens (including phenoxy) is 1. The minimum Gasteiger partial charge on any atom is -0.375 e. The van der Waals surface area contributed by atoms with Gasteiger partial charge in [0.25, 0.3) is 0 Å². The van der Waals surface area contributed by atoms with E-state index in [2.05, 4.69) is 43.4 Å². The largest absolute Gasteiger partial charge is 0.375 e. The lowest BCUT2D eigenvalue weighted by atomic mass is 9.85. The highest BCUT2D eigenvalue weighted by atomic mass is 32.2. The number of nitrogens with one attached hydrogen (secondary N) is 1. The van der Waals surface area contributed by atoms with Gasteiger partial charge in [0, 0.05) is 35.8 Å². The van der Waals surface area contributed by atoms with E-state index in [1.807, 2.05) is 11.8 Å². The highest BCUT2D eigenvalue weighted by molar-refractivity contribution is 7.99. The molecule has 1 fully saturated rings. The summed E-state index contributed by atoms with van der Waals surface area (Å²) in [5.74, 6) is 1.90. The van der Waals surface area contributed by atoms with E-state index in [4.69, 9.17) is 4.74 Å². The molecule has 2 nitrogen and oxygen atoms in total. The normalized spacial score (nSPS) is 27.5. The molecule has 3 rings (SSSR count). The SMILES string of the molecule is CCC1(CC)CC(NCC2CSc3ccccc32)CCO1. The summed E-state index contributed by atoms with van der Waals surface area (Å²) in [5, 5.41) is 3.83. The topological polar surface area (TPSA) is 21.3 Å². The van der Waals surface area contributed by atoms with Crippen molar-refractivity contribution in [3.05, 3.63) is 29.8 Å². The number of thioether (sulfide) groups is 1. The molecule has 2 aliphatic rings. The van der Waals surface area contributed by atoms with Crippen molar-refractivity contribution in [2.75, 3.05) is 18.9 Å². The van der Waals surface area contributed by atoms with Crippen LogP contribution in [-0.2, 0) is 4.74 Å². The molecule has 2 atom stereocenters. The molecule has 2 aliphatic heterocycles. The fourth-order valence-electron chi connectivity index (χ4n) is 3.65. The van der Waals surface area contributed by atoms with Crippen LogP contribution in [-0.4, -0.2) is 30.5 Å². The van der Waals surface area contributed by atoms with Gasteiger partial charge in [-0.1, -0.05) is 32.0 Å². The van der Waals surface area contributed by atoms with E-state index in [9.17, 15) is 0 Å². The lowest BCUT2D eigenvalue weighted by molar-refractivity contribution is -0.0930. The zero-order valence-electron chi connectivity index (χ0n) is 13.2. The molecule has 0 aromatic heterocycles. The molecular weight excluding hydrogens is 278 g/mol. The molecular formula is C18H27NOS. The van der Waals surface area contributed by atoms with E-state index in [-0.39, 0.29) is 5.60 Å². The highest BCUT2D eigenvalue weighted by Gasteiger charge is 2.34. The maximum Gasteiger partial charge on any atom is 0.0692 e. The van der Waals surface area contributed by atoms with E-state index in [1.54, 1.807) is 5.56 Å². The van der Waals surface area contributed by atoms with Crippen molar-refractivity contribution >= 4 is 11.8 Å². The van der Waals surface area contributed by atoms with Gasteiger partial charge < -0.3 is 10.1 Å². The molecule has 0 saturated carbocycles. The molecule has 1 aromatic carbocycles. The molecule has 2 heterocycles. The average molecular weight is 305 g/mol. The quantitative estimate of drug-likeness (QED) is 0.881. The van der Waals surface area contributed by atoms with Crippen molar-refractivity contribution in [3.63, 3.8) is 0 Å². The number of hydrogen-bond donors (Lipinski definition) is 1. The molecule has 1 N–H and O–H groups in total. The molecule has 0 aliphatic carbocycles. The Bertz CT molecular complexity index is 472. The van der Waals surface area contributed by atoms with Crippen LogP contribution in [0.25, 0.3) is 0 Å². The van der Waals surface area contributed by atoms with Crippen LogP contribution >= 0.6 is 11.8 Å². The Balaban J connectivity index is 1.56. The van der Waals surface area contributed by atoms with Crippen LogP contribution in [0.15, 0.2) is 29.2 Å². The van der Waals surface area contributed by atoms with Crippen LogP contribution in [0.1, 0.15) is 51.0 Å². The molecule has 1 aromatic rings. The lowest BCUT2D eigenvalue weighted by Crippen LogP contribution is -2.47. The van der Waals surface area contributed by atoms with E-state index in [1.165, 1.54) is 17.1 Å². The van der Waals surface area contributed by atoms with Gasteiger partial charge in [0.2, 0.25) is 0 Å². The minimum absolute atomic E-state index is 0.123. The van der Waals surface area contributed by atoms with Gasteiger partial charge >= 0.3 is 0 Å². The average Bonchev–Trinajstić information content (AvgIpc) is 2.96. The maximum atomic E-state index is 6.08. The first-order valence-electron chi connectivity index (χ1n) is 8.35. The fraction of sp³-hybridized carbons (Fsp3) is 0.667. The maximum absolute atomic E-state index is 6.08. The van der Waals surface area contributed by atoms with Crippen LogP contribution in [0.4, 0.5) is 0 Å². The fourth-order valence-corrected chi connectivity index (χ4v) is 4.91. The predicted octanol–water partition coefficient (Wildman–Crippen LogP) is 4.20. The summed E-state index contributed by atoms with van der Waals surface area (Å²) < 4.78 is 6.08. The van der Waals surface area contributed by atoms with Crippen molar-refractivity contribution in [2.45, 2.75) is 62.0 Å². The zero-order valence-corrected chi connectivity index (χ0v) is 14.0. The molecule has 0 spiro atoms. The van der Waals surface area contributed by atoms with Crippen LogP contribution in [0, 0.1) is 0 Å². The Morgan fingerprint density at radius 1 is 1.29 bits per heavy atom. The molecule has 0 amide bonds. The Morgan fingerprint density at radius 3 is 2.90 bits per heavy atom. The highest BCUT2D eigenvalue weighted by Crippen LogP contribution is 2.39. The third kappa shape index (κ3) is 3.30. The Labute approximate surface area is 133 Å². The second kappa shape index (κ2) is 6.72. The molecule has 2 unspecified atom stereocenters. The third-order valence-electron chi connectivity index (χ3n) is 5.23. The first kappa shape index (κ1) is 15.4. The molecule has 21 heavy (non-hydrogen) atoms. The van der Waals surface area contributed by atoms with E-state index in [0.717, 1.165) is 32.4 Å². The van der Waals surface area contributed by atoms with Crippen LogP contribution in [0.2, 0.25) is 0 Å². The smallest absolute Gasteiger partial charge is 0.0692 e. The summed E-state index contributed by atoms with van der Waals surface area (Å²) in [7, 11) is 0. The Morgan fingerprint density at radius 2 is 2.10 bits per heavy atom. The van der Waals surface area contributed by atoms with Gasteiger partial charge in [-0.2, -0.15) is 0 Å². The zero-order chi connectivity index (χ0) is 14.7. The van der Waals surface area contributed by atoms with Gasteiger partial charge in [-0.25, -0.2) is 0 Å². The second-order valence-corrected chi connectivity index (χ2v) is 7.44. The molecule has 1 saturated heterocycles. The Hall–Kier alpha value is -0.510. The number of fused-ring (bicyclic) bond motifs is 1. The first-order chi connectivity index (χ1) is 10.3. The van der Waals surface area contributed by atoms with Crippen molar-refractivity contribution < 1.29 is 4.74 Å². The summed E-state index contributed by atoms with van der Waals surface area (Å²) in [6.07, 6.45) is 4.58.